The molecule has 7 heteroatoms. The van der Waals surface area contributed by atoms with Crippen molar-refractivity contribution in [3.05, 3.63) is 47.8 Å². The fourth-order valence-corrected chi connectivity index (χ4v) is 5.61. The lowest BCUT2D eigenvalue weighted by atomic mass is 10.1. The summed E-state index contributed by atoms with van der Waals surface area (Å²) in [5.41, 5.74) is 0.839. The minimum atomic E-state index is -0.484. The van der Waals surface area contributed by atoms with Crippen LogP contribution in [0.5, 0.6) is 0 Å². The second-order valence-electron chi connectivity index (χ2n) is 6.65. The maximum Gasteiger partial charge on any atom is 0.241 e. The summed E-state index contributed by atoms with van der Waals surface area (Å²) in [5, 5.41) is 14.8. The second kappa shape index (κ2) is 7.86. The maximum absolute atomic E-state index is 13.2. The third-order valence-electron chi connectivity index (χ3n) is 4.92. The SMILES string of the molecule is CCn1c(SC2(C(=O)Nc3ccccc3)CCCC2)nnc1-c1cccs1. The van der Waals surface area contributed by atoms with Gasteiger partial charge in [-0.2, -0.15) is 0 Å². The first-order valence-corrected chi connectivity index (χ1v) is 10.9. The van der Waals surface area contributed by atoms with Crippen molar-refractivity contribution in [3.8, 4) is 10.7 Å². The molecule has 2 aromatic heterocycles. The van der Waals surface area contributed by atoms with Gasteiger partial charge in [-0.15, -0.1) is 21.5 Å². The molecule has 0 saturated heterocycles. The number of anilines is 1. The number of nitrogens with zero attached hydrogens (tertiary/aromatic N) is 3. The number of benzene rings is 1. The van der Waals surface area contributed by atoms with Gasteiger partial charge in [-0.1, -0.05) is 48.9 Å². The van der Waals surface area contributed by atoms with Crippen LogP contribution in [0.15, 0.2) is 53.0 Å². The third kappa shape index (κ3) is 3.66. The van der Waals surface area contributed by atoms with Gasteiger partial charge in [-0.25, -0.2) is 0 Å². The van der Waals surface area contributed by atoms with Crippen LogP contribution in [0, 0.1) is 0 Å². The highest BCUT2D eigenvalue weighted by Crippen LogP contribution is 2.46. The lowest BCUT2D eigenvalue weighted by Gasteiger charge is -2.26. The van der Waals surface area contributed by atoms with E-state index < -0.39 is 4.75 Å². The van der Waals surface area contributed by atoms with Crippen LogP contribution in [-0.4, -0.2) is 25.4 Å². The highest BCUT2D eigenvalue weighted by Gasteiger charge is 2.43. The Balaban J connectivity index is 1.61. The van der Waals surface area contributed by atoms with Crippen molar-refractivity contribution < 1.29 is 4.79 Å². The number of hydrogen-bond acceptors (Lipinski definition) is 5. The normalized spacial score (nSPS) is 15.7. The summed E-state index contributed by atoms with van der Waals surface area (Å²) >= 11 is 3.23. The van der Waals surface area contributed by atoms with Crippen molar-refractivity contribution in [2.24, 2.45) is 0 Å². The van der Waals surface area contributed by atoms with E-state index in [9.17, 15) is 4.79 Å². The number of carbonyl (C=O) groups excluding carboxylic acids is 1. The summed E-state index contributed by atoms with van der Waals surface area (Å²) in [7, 11) is 0. The van der Waals surface area contributed by atoms with E-state index in [1.54, 1.807) is 23.1 Å². The predicted molar refractivity (Wildman–Crippen MR) is 111 cm³/mol. The molecule has 1 amide bonds. The minimum Gasteiger partial charge on any atom is -0.325 e. The molecule has 3 aromatic rings. The van der Waals surface area contributed by atoms with E-state index in [0.29, 0.717) is 0 Å². The lowest BCUT2D eigenvalue weighted by Crippen LogP contribution is -2.37. The van der Waals surface area contributed by atoms with E-state index in [1.807, 2.05) is 41.8 Å². The van der Waals surface area contributed by atoms with Crippen molar-refractivity contribution in [1.29, 1.82) is 0 Å². The van der Waals surface area contributed by atoms with Crippen molar-refractivity contribution in [2.75, 3.05) is 5.32 Å². The predicted octanol–water partition coefficient (Wildman–Crippen LogP) is 5.07. The second-order valence-corrected chi connectivity index (χ2v) is 8.95. The number of para-hydroxylation sites is 1. The molecule has 0 radical (unpaired) electrons. The van der Waals surface area contributed by atoms with Crippen LogP contribution in [-0.2, 0) is 11.3 Å². The molecule has 0 atom stereocenters. The van der Waals surface area contributed by atoms with Crippen molar-refractivity contribution in [2.45, 2.75) is 49.1 Å². The number of thioether (sulfide) groups is 1. The van der Waals surface area contributed by atoms with Gasteiger partial charge in [0.1, 0.15) is 4.75 Å². The fraction of sp³-hybridized carbons (Fsp3) is 0.350. The summed E-state index contributed by atoms with van der Waals surface area (Å²) in [6.07, 6.45) is 3.85. The van der Waals surface area contributed by atoms with Crippen LogP contribution < -0.4 is 5.32 Å². The molecular formula is C20H22N4OS2. The number of aromatic nitrogens is 3. The summed E-state index contributed by atoms with van der Waals surface area (Å²) in [6, 6.07) is 13.8. The van der Waals surface area contributed by atoms with Crippen LogP contribution in [0.3, 0.4) is 0 Å². The van der Waals surface area contributed by atoms with Gasteiger partial charge in [0, 0.05) is 12.2 Å². The zero-order valence-corrected chi connectivity index (χ0v) is 16.9. The standard InChI is InChI=1S/C20H22N4OS2/c1-2-24-17(16-11-8-14-26-16)22-23-19(24)27-20(12-6-7-13-20)18(25)21-15-9-4-3-5-10-15/h3-5,8-11,14H,2,6-7,12-13H2,1H3,(H,21,25). The van der Waals surface area contributed by atoms with Gasteiger partial charge in [-0.3, -0.25) is 4.79 Å². The van der Waals surface area contributed by atoms with E-state index in [0.717, 1.165) is 53.8 Å². The average molecular weight is 399 g/mol. The van der Waals surface area contributed by atoms with Crippen LogP contribution in [0.4, 0.5) is 5.69 Å². The topological polar surface area (TPSA) is 59.8 Å². The van der Waals surface area contributed by atoms with Crippen LogP contribution in [0.2, 0.25) is 0 Å². The minimum absolute atomic E-state index is 0.0690. The molecule has 1 saturated carbocycles. The Bertz CT molecular complexity index is 899. The molecule has 0 spiro atoms. The molecule has 0 bridgehead atoms. The Kier molecular flexibility index (Phi) is 5.31. The van der Waals surface area contributed by atoms with E-state index in [4.69, 9.17) is 0 Å². The van der Waals surface area contributed by atoms with Crippen molar-refractivity contribution in [1.82, 2.24) is 14.8 Å². The van der Waals surface area contributed by atoms with E-state index in [1.165, 1.54) is 0 Å². The van der Waals surface area contributed by atoms with Gasteiger partial charge in [0.25, 0.3) is 0 Å². The van der Waals surface area contributed by atoms with Crippen LogP contribution in [0.1, 0.15) is 32.6 Å². The number of amides is 1. The largest absolute Gasteiger partial charge is 0.325 e. The highest BCUT2D eigenvalue weighted by atomic mass is 32.2. The highest BCUT2D eigenvalue weighted by molar-refractivity contribution is 8.01. The molecule has 1 aliphatic carbocycles. The summed E-state index contributed by atoms with van der Waals surface area (Å²) in [4.78, 5) is 14.3. The number of thiophene rings is 1. The van der Waals surface area contributed by atoms with E-state index in [-0.39, 0.29) is 5.91 Å². The zero-order valence-electron chi connectivity index (χ0n) is 15.2. The maximum atomic E-state index is 13.2. The number of nitrogens with one attached hydrogen (secondary N) is 1. The molecule has 1 aromatic carbocycles. The molecule has 2 heterocycles. The Morgan fingerprint density at radius 2 is 1.96 bits per heavy atom. The number of carbonyl (C=O) groups is 1. The molecule has 4 rings (SSSR count). The first-order valence-electron chi connectivity index (χ1n) is 9.24. The third-order valence-corrected chi connectivity index (χ3v) is 7.25. The van der Waals surface area contributed by atoms with E-state index in [2.05, 4.69) is 33.1 Å². The monoisotopic (exact) mass is 398 g/mol. The molecule has 5 nitrogen and oxygen atoms in total. The number of hydrogen-bond donors (Lipinski definition) is 1. The molecule has 0 aliphatic heterocycles. The molecule has 1 aliphatic rings. The van der Waals surface area contributed by atoms with Gasteiger partial charge < -0.3 is 9.88 Å². The Morgan fingerprint density at radius 1 is 1.19 bits per heavy atom. The molecule has 140 valence electrons. The number of rotatable bonds is 6. The van der Waals surface area contributed by atoms with Crippen LogP contribution >= 0.6 is 23.1 Å². The average Bonchev–Trinajstić information content (AvgIpc) is 3.44. The Labute approximate surface area is 167 Å². The molecular weight excluding hydrogens is 376 g/mol. The van der Waals surface area contributed by atoms with Gasteiger partial charge >= 0.3 is 0 Å². The molecule has 1 fully saturated rings. The van der Waals surface area contributed by atoms with Crippen LogP contribution in [0.25, 0.3) is 10.7 Å². The van der Waals surface area contributed by atoms with Crippen molar-refractivity contribution in [3.63, 3.8) is 0 Å². The zero-order chi connectivity index (χ0) is 18.7. The Hall–Kier alpha value is -2.12. The quantitative estimate of drug-likeness (QED) is 0.630. The van der Waals surface area contributed by atoms with Gasteiger partial charge in [0.15, 0.2) is 11.0 Å². The van der Waals surface area contributed by atoms with Gasteiger partial charge in [0.2, 0.25) is 5.91 Å². The molecule has 0 unspecified atom stereocenters. The fourth-order valence-electron chi connectivity index (χ4n) is 3.50. The van der Waals surface area contributed by atoms with Crippen molar-refractivity contribution >= 4 is 34.7 Å². The smallest absolute Gasteiger partial charge is 0.241 e. The summed E-state index contributed by atoms with van der Waals surface area (Å²) in [5.74, 6) is 0.950. The first-order chi connectivity index (χ1) is 13.2. The summed E-state index contributed by atoms with van der Waals surface area (Å²) in [6.45, 7) is 2.87. The van der Waals surface area contributed by atoms with E-state index >= 15 is 0 Å². The van der Waals surface area contributed by atoms with Gasteiger partial charge in [-0.05, 0) is 43.3 Å². The van der Waals surface area contributed by atoms with Gasteiger partial charge in [0.05, 0.1) is 4.88 Å². The molecule has 27 heavy (non-hydrogen) atoms. The molecule has 1 N–H and O–H groups in total. The summed E-state index contributed by atoms with van der Waals surface area (Å²) < 4.78 is 1.63. The first kappa shape index (κ1) is 18.3. The lowest BCUT2D eigenvalue weighted by molar-refractivity contribution is -0.118. The Morgan fingerprint density at radius 3 is 2.63 bits per heavy atom.